The predicted molar refractivity (Wildman–Crippen MR) is 73.3 cm³/mol. The summed E-state index contributed by atoms with van der Waals surface area (Å²) in [6.07, 6.45) is 3.15. The molecule has 19 heavy (non-hydrogen) atoms. The van der Waals surface area contributed by atoms with Gasteiger partial charge in [-0.3, -0.25) is 4.98 Å². The molecule has 2 nitrogen and oxygen atoms in total. The molecule has 0 aliphatic carbocycles. The Morgan fingerprint density at radius 3 is 2.68 bits per heavy atom. The van der Waals surface area contributed by atoms with Gasteiger partial charge in [-0.25, -0.2) is 4.39 Å². The first kappa shape index (κ1) is 13.7. The second-order valence-corrected chi connectivity index (χ2v) is 4.88. The van der Waals surface area contributed by atoms with Crippen LogP contribution >= 0.6 is 0 Å². The van der Waals surface area contributed by atoms with Crippen LogP contribution in [0.25, 0.3) is 0 Å². The number of aromatic nitrogens is 1. The average Bonchev–Trinajstić information content (AvgIpc) is 2.40. The molecule has 1 atom stereocenters. The first-order valence-corrected chi connectivity index (χ1v) is 6.48. The SMILES string of the molecule is CCCc1cccc(C(C)(O)c2ccc(F)cn2)c1. The molecule has 1 aromatic carbocycles. The lowest BCUT2D eigenvalue weighted by Crippen LogP contribution is -2.24. The van der Waals surface area contributed by atoms with E-state index < -0.39 is 11.4 Å². The lowest BCUT2D eigenvalue weighted by molar-refractivity contribution is 0.0971. The van der Waals surface area contributed by atoms with Gasteiger partial charge in [0.15, 0.2) is 0 Å². The van der Waals surface area contributed by atoms with Gasteiger partial charge in [0.1, 0.15) is 11.4 Å². The summed E-state index contributed by atoms with van der Waals surface area (Å²) in [6, 6.07) is 10.6. The van der Waals surface area contributed by atoms with E-state index in [2.05, 4.69) is 11.9 Å². The quantitative estimate of drug-likeness (QED) is 0.912. The fourth-order valence-electron chi connectivity index (χ4n) is 2.13. The molecule has 0 spiro atoms. The van der Waals surface area contributed by atoms with E-state index in [0.29, 0.717) is 5.69 Å². The highest BCUT2D eigenvalue weighted by Gasteiger charge is 2.27. The molecule has 3 heteroatoms. The highest BCUT2D eigenvalue weighted by molar-refractivity contribution is 5.34. The largest absolute Gasteiger partial charge is 0.379 e. The molecular weight excluding hydrogens is 241 g/mol. The third kappa shape index (κ3) is 2.99. The summed E-state index contributed by atoms with van der Waals surface area (Å²) in [6.45, 7) is 3.80. The lowest BCUT2D eigenvalue weighted by Gasteiger charge is -2.23. The molecule has 0 saturated carbocycles. The van der Waals surface area contributed by atoms with Crippen molar-refractivity contribution in [2.24, 2.45) is 0 Å². The molecule has 1 N–H and O–H groups in total. The zero-order chi connectivity index (χ0) is 13.9. The minimum absolute atomic E-state index is 0.403. The zero-order valence-corrected chi connectivity index (χ0v) is 11.2. The summed E-state index contributed by atoms with van der Waals surface area (Å²) in [5.41, 5.74) is 1.19. The number of hydrogen-bond donors (Lipinski definition) is 1. The normalized spacial score (nSPS) is 14.1. The number of nitrogens with zero attached hydrogens (tertiary/aromatic N) is 1. The average molecular weight is 259 g/mol. The van der Waals surface area contributed by atoms with Gasteiger partial charge in [-0.15, -0.1) is 0 Å². The fourth-order valence-corrected chi connectivity index (χ4v) is 2.13. The molecule has 1 heterocycles. The van der Waals surface area contributed by atoms with E-state index in [9.17, 15) is 9.50 Å². The summed E-state index contributed by atoms with van der Waals surface area (Å²) in [4.78, 5) is 3.98. The van der Waals surface area contributed by atoms with E-state index in [1.807, 2.05) is 24.3 Å². The highest BCUT2D eigenvalue weighted by Crippen LogP contribution is 2.28. The van der Waals surface area contributed by atoms with E-state index >= 15 is 0 Å². The Balaban J connectivity index is 2.37. The van der Waals surface area contributed by atoms with Gasteiger partial charge in [0.05, 0.1) is 11.9 Å². The van der Waals surface area contributed by atoms with Crippen LogP contribution in [0.4, 0.5) is 4.39 Å². The van der Waals surface area contributed by atoms with Gasteiger partial charge in [0, 0.05) is 0 Å². The van der Waals surface area contributed by atoms with Gasteiger partial charge in [0.2, 0.25) is 0 Å². The zero-order valence-electron chi connectivity index (χ0n) is 11.2. The summed E-state index contributed by atoms with van der Waals surface area (Å²) < 4.78 is 12.9. The van der Waals surface area contributed by atoms with Crippen molar-refractivity contribution in [2.45, 2.75) is 32.3 Å². The Morgan fingerprint density at radius 2 is 2.05 bits per heavy atom. The van der Waals surface area contributed by atoms with E-state index in [-0.39, 0.29) is 0 Å². The molecule has 0 radical (unpaired) electrons. The van der Waals surface area contributed by atoms with Crippen molar-refractivity contribution in [2.75, 3.05) is 0 Å². The molecule has 0 fully saturated rings. The van der Waals surface area contributed by atoms with Gasteiger partial charge in [0.25, 0.3) is 0 Å². The Morgan fingerprint density at radius 1 is 1.26 bits per heavy atom. The minimum atomic E-state index is -1.21. The van der Waals surface area contributed by atoms with E-state index in [4.69, 9.17) is 0 Å². The van der Waals surface area contributed by atoms with Crippen LogP contribution in [0, 0.1) is 5.82 Å². The third-order valence-electron chi connectivity index (χ3n) is 3.25. The van der Waals surface area contributed by atoms with Crippen molar-refractivity contribution < 1.29 is 9.50 Å². The number of aliphatic hydroxyl groups is 1. The van der Waals surface area contributed by atoms with Crippen molar-refractivity contribution in [1.29, 1.82) is 0 Å². The van der Waals surface area contributed by atoms with Crippen molar-refractivity contribution in [3.63, 3.8) is 0 Å². The molecule has 2 rings (SSSR count). The highest BCUT2D eigenvalue weighted by atomic mass is 19.1. The number of aryl methyl sites for hydroxylation is 1. The third-order valence-corrected chi connectivity index (χ3v) is 3.25. The van der Waals surface area contributed by atoms with Crippen LogP contribution in [0.2, 0.25) is 0 Å². The predicted octanol–water partition coefficient (Wildman–Crippen LogP) is 3.43. The van der Waals surface area contributed by atoms with Crippen LogP contribution in [0.3, 0.4) is 0 Å². The molecule has 0 saturated heterocycles. The summed E-state index contributed by atoms with van der Waals surface area (Å²) in [7, 11) is 0. The van der Waals surface area contributed by atoms with Crippen molar-refractivity contribution in [3.05, 3.63) is 65.2 Å². The maximum absolute atomic E-state index is 12.9. The van der Waals surface area contributed by atoms with Crippen LogP contribution in [0.5, 0.6) is 0 Å². The smallest absolute Gasteiger partial charge is 0.141 e. The Hall–Kier alpha value is -1.74. The second-order valence-electron chi connectivity index (χ2n) is 4.88. The van der Waals surface area contributed by atoms with Gasteiger partial charge in [-0.05, 0) is 36.6 Å². The number of benzene rings is 1. The Kier molecular flexibility index (Phi) is 3.96. The lowest BCUT2D eigenvalue weighted by atomic mass is 9.90. The van der Waals surface area contributed by atoms with Crippen LogP contribution in [-0.4, -0.2) is 10.1 Å². The van der Waals surface area contributed by atoms with Crippen molar-refractivity contribution in [1.82, 2.24) is 4.98 Å². The van der Waals surface area contributed by atoms with Crippen LogP contribution < -0.4 is 0 Å². The molecule has 100 valence electrons. The minimum Gasteiger partial charge on any atom is -0.379 e. The second kappa shape index (κ2) is 5.49. The number of halogens is 1. The van der Waals surface area contributed by atoms with Gasteiger partial charge in [-0.1, -0.05) is 37.6 Å². The summed E-state index contributed by atoms with van der Waals surface area (Å²) >= 11 is 0. The molecule has 0 aliphatic heterocycles. The molecule has 1 aromatic heterocycles. The molecule has 2 aromatic rings. The molecule has 1 unspecified atom stereocenters. The fraction of sp³-hybridized carbons (Fsp3) is 0.312. The Labute approximate surface area is 112 Å². The van der Waals surface area contributed by atoms with Crippen molar-refractivity contribution >= 4 is 0 Å². The maximum atomic E-state index is 12.9. The van der Waals surface area contributed by atoms with E-state index in [1.54, 1.807) is 6.92 Å². The maximum Gasteiger partial charge on any atom is 0.141 e. The van der Waals surface area contributed by atoms with Crippen molar-refractivity contribution in [3.8, 4) is 0 Å². The van der Waals surface area contributed by atoms with Crippen LogP contribution in [0.1, 0.15) is 37.1 Å². The van der Waals surface area contributed by atoms with Gasteiger partial charge in [-0.2, -0.15) is 0 Å². The standard InChI is InChI=1S/C16H18FNO/c1-3-5-12-6-4-7-13(10-12)16(2,19)15-9-8-14(17)11-18-15/h4,6-11,19H,3,5H2,1-2H3. The van der Waals surface area contributed by atoms with E-state index in [0.717, 1.165) is 24.6 Å². The molecule has 0 amide bonds. The molecule has 0 aliphatic rings. The molecular formula is C16H18FNO. The molecule has 0 bridgehead atoms. The number of pyridine rings is 1. The van der Waals surface area contributed by atoms with Gasteiger partial charge < -0.3 is 5.11 Å². The first-order chi connectivity index (χ1) is 9.04. The first-order valence-electron chi connectivity index (χ1n) is 6.48. The summed E-state index contributed by atoms with van der Waals surface area (Å²) in [5.74, 6) is -0.403. The number of hydrogen-bond acceptors (Lipinski definition) is 2. The summed E-state index contributed by atoms with van der Waals surface area (Å²) in [5, 5.41) is 10.7. The number of rotatable bonds is 4. The van der Waals surface area contributed by atoms with Gasteiger partial charge >= 0.3 is 0 Å². The Bertz CT molecular complexity index is 549. The monoisotopic (exact) mass is 259 g/mol. The van der Waals surface area contributed by atoms with Crippen LogP contribution in [-0.2, 0) is 12.0 Å². The van der Waals surface area contributed by atoms with Crippen LogP contribution in [0.15, 0.2) is 42.6 Å². The van der Waals surface area contributed by atoms with E-state index in [1.165, 1.54) is 17.7 Å². The topological polar surface area (TPSA) is 33.1 Å².